The molecule has 11 aromatic carbocycles. The van der Waals surface area contributed by atoms with E-state index in [2.05, 4.69) is 212 Å². The highest BCUT2D eigenvalue weighted by molar-refractivity contribution is 6.20. The van der Waals surface area contributed by atoms with Gasteiger partial charge in [-0.05, 0) is 89.5 Å². The molecule has 0 fully saturated rings. The molecule has 0 aliphatic heterocycles. The monoisotopic (exact) mass is 852 g/mol. The topological polar surface area (TPSA) is 38.9 Å². The van der Waals surface area contributed by atoms with Gasteiger partial charge >= 0.3 is 0 Å². The Hall–Kier alpha value is -8.92. The summed E-state index contributed by atoms with van der Waals surface area (Å²) in [5.41, 5.74) is 15.9. The summed E-state index contributed by atoms with van der Waals surface area (Å²) >= 11 is 0. The van der Waals surface area contributed by atoms with Crippen LogP contribution in [0.1, 0.15) is 0 Å². The Balaban J connectivity index is 0.787. The smallest absolute Gasteiger partial charge is 0.160 e. The fourth-order valence-electron chi connectivity index (χ4n) is 9.90. The molecule has 0 saturated carbocycles. The van der Waals surface area contributed by atoms with Crippen LogP contribution in [0, 0.1) is 0 Å². The maximum atomic E-state index is 6.37. The van der Waals surface area contributed by atoms with Crippen molar-refractivity contribution in [2.75, 3.05) is 0 Å². The zero-order valence-corrected chi connectivity index (χ0v) is 36.4. The van der Waals surface area contributed by atoms with Crippen LogP contribution < -0.4 is 0 Å². The highest BCUT2D eigenvalue weighted by Gasteiger charge is 2.16. The van der Waals surface area contributed by atoms with Crippen LogP contribution in [0.2, 0.25) is 0 Å². The molecule has 0 bridgehead atoms. The van der Waals surface area contributed by atoms with Crippen LogP contribution in [0.3, 0.4) is 0 Å². The summed E-state index contributed by atoms with van der Waals surface area (Å²) in [4.78, 5) is 10.2. The lowest BCUT2D eigenvalue weighted by molar-refractivity contribution is 0.670. The molecule has 0 aliphatic rings. The van der Waals surface area contributed by atoms with Crippen molar-refractivity contribution in [1.82, 2.24) is 9.97 Å². The predicted molar refractivity (Wildman–Crippen MR) is 280 cm³/mol. The molecule has 3 nitrogen and oxygen atoms in total. The number of fused-ring (bicyclic) bond motifs is 7. The molecule has 67 heavy (non-hydrogen) atoms. The summed E-state index contributed by atoms with van der Waals surface area (Å²) in [6.07, 6.45) is 0. The summed E-state index contributed by atoms with van der Waals surface area (Å²) < 4.78 is 6.37. The van der Waals surface area contributed by atoms with E-state index in [9.17, 15) is 0 Å². The Bertz CT molecular complexity index is 3980. The van der Waals surface area contributed by atoms with Crippen LogP contribution in [0.4, 0.5) is 0 Å². The van der Waals surface area contributed by atoms with E-state index in [1.54, 1.807) is 0 Å². The van der Waals surface area contributed by atoms with Crippen molar-refractivity contribution < 1.29 is 4.42 Å². The van der Waals surface area contributed by atoms with Crippen LogP contribution in [0.15, 0.2) is 247 Å². The van der Waals surface area contributed by atoms with E-state index < -0.39 is 0 Å². The summed E-state index contributed by atoms with van der Waals surface area (Å²) in [5, 5.41) is 9.88. The average Bonchev–Trinajstić information content (AvgIpc) is 3.80. The second-order valence-corrected chi connectivity index (χ2v) is 17.3. The maximum Gasteiger partial charge on any atom is 0.160 e. The molecule has 312 valence electrons. The first-order valence-electron chi connectivity index (χ1n) is 22.8. The zero-order valence-electron chi connectivity index (χ0n) is 36.4. The van der Waals surface area contributed by atoms with Crippen molar-refractivity contribution >= 4 is 54.3 Å². The van der Waals surface area contributed by atoms with Crippen molar-refractivity contribution in [3.8, 4) is 78.4 Å². The van der Waals surface area contributed by atoms with Gasteiger partial charge in [0.2, 0.25) is 0 Å². The van der Waals surface area contributed by atoms with Gasteiger partial charge in [-0.3, -0.25) is 0 Å². The third-order valence-corrected chi connectivity index (χ3v) is 13.3. The lowest BCUT2D eigenvalue weighted by Crippen LogP contribution is -1.96. The number of furan rings is 1. The van der Waals surface area contributed by atoms with Gasteiger partial charge in [0.1, 0.15) is 11.2 Å². The second-order valence-electron chi connectivity index (χ2n) is 17.3. The number of aromatic nitrogens is 2. The minimum atomic E-state index is 0.691. The summed E-state index contributed by atoms with van der Waals surface area (Å²) in [5.74, 6) is 0.691. The fraction of sp³-hybridized carbons (Fsp3) is 0. The molecule has 13 aromatic rings. The first-order valence-corrected chi connectivity index (χ1v) is 22.8. The van der Waals surface area contributed by atoms with E-state index in [0.717, 1.165) is 72.3 Å². The lowest BCUT2D eigenvalue weighted by atomic mass is 9.89. The predicted octanol–water partition coefficient (Wildman–Crippen LogP) is 17.5. The molecule has 0 amide bonds. The van der Waals surface area contributed by atoms with Crippen molar-refractivity contribution in [1.29, 1.82) is 0 Å². The van der Waals surface area contributed by atoms with Gasteiger partial charge in [0.15, 0.2) is 5.82 Å². The molecule has 2 heterocycles. The third-order valence-electron chi connectivity index (χ3n) is 13.3. The second kappa shape index (κ2) is 16.0. The van der Waals surface area contributed by atoms with E-state index in [0.29, 0.717) is 5.82 Å². The van der Waals surface area contributed by atoms with E-state index in [1.165, 1.54) is 54.6 Å². The standard InChI is InChI=1S/C64H40N2O/c1-2-12-50(13-3-1)64-65-59(40-60(66-64)48-33-29-46(30-34-48)54-18-10-19-57-55-17-8-9-20-61(55)67-63(54)57)47-31-25-43(26-32-47)41-21-23-42(24-22-41)44-27-35-49(36-28-44)62-53-16-7-5-14-51(53)39-58-52-15-6-4-11-45(52)37-38-56(58)62/h1-40H. The van der Waals surface area contributed by atoms with Crippen molar-refractivity contribution in [3.63, 3.8) is 0 Å². The number of hydrogen-bond donors (Lipinski definition) is 0. The van der Waals surface area contributed by atoms with E-state index in [1.807, 2.05) is 30.3 Å². The van der Waals surface area contributed by atoms with Crippen LogP contribution in [-0.2, 0) is 0 Å². The summed E-state index contributed by atoms with van der Waals surface area (Å²) in [6, 6.07) is 86.5. The van der Waals surface area contributed by atoms with Gasteiger partial charge in [-0.25, -0.2) is 9.97 Å². The van der Waals surface area contributed by atoms with Gasteiger partial charge in [0, 0.05) is 33.0 Å². The maximum absolute atomic E-state index is 6.37. The van der Waals surface area contributed by atoms with Gasteiger partial charge in [-0.1, -0.05) is 224 Å². The van der Waals surface area contributed by atoms with Crippen molar-refractivity contribution in [3.05, 3.63) is 243 Å². The van der Waals surface area contributed by atoms with Gasteiger partial charge < -0.3 is 4.42 Å². The largest absolute Gasteiger partial charge is 0.455 e. The molecule has 0 radical (unpaired) electrons. The summed E-state index contributed by atoms with van der Waals surface area (Å²) in [6.45, 7) is 0. The molecule has 0 aliphatic carbocycles. The van der Waals surface area contributed by atoms with Crippen LogP contribution in [-0.4, -0.2) is 9.97 Å². The minimum absolute atomic E-state index is 0.691. The molecule has 2 aromatic heterocycles. The first kappa shape index (κ1) is 38.5. The van der Waals surface area contributed by atoms with Gasteiger partial charge in [-0.2, -0.15) is 0 Å². The molecular weight excluding hydrogens is 813 g/mol. The van der Waals surface area contributed by atoms with E-state index in [-0.39, 0.29) is 0 Å². The number of nitrogens with zero attached hydrogens (tertiary/aromatic N) is 2. The Morgan fingerprint density at radius 2 is 0.776 bits per heavy atom. The molecule has 3 heteroatoms. The Morgan fingerprint density at radius 3 is 1.43 bits per heavy atom. The van der Waals surface area contributed by atoms with E-state index in [4.69, 9.17) is 14.4 Å². The lowest BCUT2D eigenvalue weighted by Gasteiger charge is -2.14. The molecule has 0 unspecified atom stereocenters. The summed E-state index contributed by atoms with van der Waals surface area (Å²) in [7, 11) is 0. The molecule has 0 atom stereocenters. The first-order chi connectivity index (χ1) is 33.2. The number of hydrogen-bond acceptors (Lipinski definition) is 3. The SMILES string of the molecule is c1ccc(-c2nc(-c3ccc(-c4ccc(-c5ccc(-c6c7ccccc7cc7c6ccc6ccccc67)cc5)cc4)cc3)cc(-c3ccc(-c4cccc5c4oc4ccccc45)cc3)n2)cc1. The normalized spacial score (nSPS) is 11.6. The Labute approximate surface area is 387 Å². The van der Waals surface area contributed by atoms with Gasteiger partial charge in [0.05, 0.1) is 11.4 Å². The van der Waals surface area contributed by atoms with Crippen molar-refractivity contribution in [2.24, 2.45) is 0 Å². The molecule has 13 rings (SSSR count). The number of para-hydroxylation sites is 2. The average molecular weight is 853 g/mol. The fourth-order valence-corrected chi connectivity index (χ4v) is 9.90. The highest BCUT2D eigenvalue weighted by atomic mass is 16.3. The number of rotatable bonds is 7. The Kier molecular flexibility index (Phi) is 9.17. The Morgan fingerprint density at radius 1 is 0.269 bits per heavy atom. The molecule has 0 spiro atoms. The van der Waals surface area contributed by atoms with Crippen molar-refractivity contribution in [2.45, 2.75) is 0 Å². The minimum Gasteiger partial charge on any atom is -0.455 e. The highest BCUT2D eigenvalue weighted by Crippen LogP contribution is 2.41. The van der Waals surface area contributed by atoms with E-state index >= 15 is 0 Å². The zero-order chi connectivity index (χ0) is 44.3. The molecular formula is C64H40N2O. The molecule has 0 N–H and O–H groups in total. The third kappa shape index (κ3) is 6.84. The van der Waals surface area contributed by atoms with Crippen LogP contribution in [0.25, 0.3) is 133 Å². The quantitative estimate of drug-likeness (QED) is 0.118. The van der Waals surface area contributed by atoms with Gasteiger partial charge in [0.25, 0.3) is 0 Å². The number of benzene rings is 11. The molecule has 0 saturated heterocycles. The van der Waals surface area contributed by atoms with Crippen LogP contribution >= 0.6 is 0 Å². The van der Waals surface area contributed by atoms with Gasteiger partial charge in [-0.15, -0.1) is 0 Å². The van der Waals surface area contributed by atoms with Crippen LogP contribution in [0.5, 0.6) is 0 Å².